The van der Waals surface area contributed by atoms with E-state index in [0.717, 1.165) is 25.2 Å². The number of ether oxygens (including phenoxy) is 1. The summed E-state index contributed by atoms with van der Waals surface area (Å²) in [6.45, 7) is 6.44. The van der Waals surface area contributed by atoms with Crippen LogP contribution in [0, 0.1) is 5.92 Å². The third-order valence-electron chi connectivity index (χ3n) is 4.22. The fourth-order valence-electron chi connectivity index (χ4n) is 3.26. The van der Waals surface area contributed by atoms with Crippen LogP contribution in [0.15, 0.2) is 30.3 Å². The molecule has 2 heteroatoms. The zero-order chi connectivity index (χ0) is 11.8. The summed E-state index contributed by atoms with van der Waals surface area (Å²) < 4.78 is 5.76. The van der Waals surface area contributed by atoms with Gasteiger partial charge in [0.15, 0.2) is 0 Å². The van der Waals surface area contributed by atoms with Crippen molar-refractivity contribution in [2.24, 2.45) is 5.92 Å². The lowest BCUT2D eigenvalue weighted by atomic mass is 9.81. The zero-order valence-electron chi connectivity index (χ0n) is 10.7. The van der Waals surface area contributed by atoms with Crippen LogP contribution in [-0.4, -0.2) is 30.2 Å². The van der Waals surface area contributed by atoms with Crippen LogP contribution in [0.3, 0.4) is 0 Å². The average molecular weight is 231 g/mol. The normalized spacial score (nSPS) is 33.2. The molecule has 3 atom stereocenters. The number of fused-ring (bicyclic) bond motifs is 1. The second kappa shape index (κ2) is 4.43. The minimum absolute atomic E-state index is 0.469. The Labute approximate surface area is 104 Å². The van der Waals surface area contributed by atoms with E-state index in [-0.39, 0.29) is 0 Å². The van der Waals surface area contributed by atoms with Gasteiger partial charge < -0.3 is 4.74 Å². The van der Waals surface area contributed by atoms with Crippen molar-refractivity contribution in [3.8, 4) is 0 Å². The van der Waals surface area contributed by atoms with Gasteiger partial charge in [-0.3, -0.25) is 4.90 Å². The Morgan fingerprint density at radius 2 is 1.94 bits per heavy atom. The minimum atomic E-state index is 0.469. The smallest absolute Gasteiger partial charge is 0.0664 e. The van der Waals surface area contributed by atoms with Gasteiger partial charge in [0.2, 0.25) is 0 Å². The molecule has 0 bridgehead atoms. The molecule has 1 aromatic rings. The number of morpholine rings is 1. The predicted octanol–water partition coefficient (Wildman–Crippen LogP) is 2.86. The summed E-state index contributed by atoms with van der Waals surface area (Å²) >= 11 is 0. The monoisotopic (exact) mass is 231 g/mol. The molecule has 2 saturated heterocycles. The van der Waals surface area contributed by atoms with Crippen LogP contribution < -0.4 is 0 Å². The quantitative estimate of drug-likeness (QED) is 0.776. The lowest BCUT2D eigenvalue weighted by Gasteiger charge is -2.57. The van der Waals surface area contributed by atoms with Gasteiger partial charge in [-0.15, -0.1) is 0 Å². The molecule has 3 rings (SSSR count). The fraction of sp³-hybridized carbons (Fsp3) is 0.600. The van der Waals surface area contributed by atoms with Gasteiger partial charge in [-0.2, -0.15) is 0 Å². The molecule has 0 aromatic heterocycles. The summed E-state index contributed by atoms with van der Waals surface area (Å²) in [5, 5.41) is 0. The lowest BCUT2D eigenvalue weighted by molar-refractivity contribution is -0.146. The number of rotatable bonds is 2. The molecule has 0 aliphatic carbocycles. The van der Waals surface area contributed by atoms with E-state index in [1.54, 1.807) is 0 Å². The van der Waals surface area contributed by atoms with E-state index in [1.807, 2.05) is 0 Å². The largest absolute Gasteiger partial charge is 0.378 e. The first-order valence-corrected chi connectivity index (χ1v) is 6.67. The number of hydrogen-bond donors (Lipinski definition) is 0. The van der Waals surface area contributed by atoms with Gasteiger partial charge in [-0.1, -0.05) is 44.2 Å². The molecular weight excluding hydrogens is 210 g/mol. The first-order valence-electron chi connectivity index (χ1n) is 6.67. The van der Waals surface area contributed by atoms with Crippen LogP contribution in [0.4, 0.5) is 0 Å². The molecule has 2 aliphatic rings. The molecule has 0 saturated carbocycles. The van der Waals surface area contributed by atoms with Gasteiger partial charge >= 0.3 is 0 Å². The molecule has 2 aliphatic heterocycles. The van der Waals surface area contributed by atoms with Crippen molar-refractivity contribution in [2.75, 3.05) is 13.2 Å². The second-order valence-corrected chi connectivity index (χ2v) is 5.61. The Morgan fingerprint density at radius 1 is 1.18 bits per heavy atom. The topological polar surface area (TPSA) is 12.5 Å². The number of benzene rings is 1. The Hall–Kier alpha value is -0.860. The highest BCUT2D eigenvalue weighted by atomic mass is 16.5. The molecule has 2 nitrogen and oxygen atoms in total. The van der Waals surface area contributed by atoms with E-state index in [1.165, 1.54) is 12.0 Å². The molecule has 1 aromatic carbocycles. The highest BCUT2D eigenvalue weighted by Crippen LogP contribution is 2.41. The Kier molecular flexibility index (Phi) is 2.93. The van der Waals surface area contributed by atoms with E-state index >= 15 is 0 Å². The molecule has 0 spiro atoms. The van der Waals surface area contributed by atoms with Crippen molar-refractivity contribution in [2.45, 2.75) is 38.4 Å². The van der Waals surface area contributed by atoms with Gasteiger partial charge in [0.1, 0.15) is 0 Å². The molecule has 17 heavy (non-hydrogen) atoms. The van der Waals surface area contributed by atoms with Crippen LogP contribution in [0.1, 0.15) is 31.9 Å². The van der Waals surface area contributed by atoms with E-state index in [4.69, 9.17) is 4.74 Å². The van der Waals surface area contributed by atoms with Gasteiger partial charge in [-0.25, -0.2) is 0 Å². The van der Waals surface area contributed by atoms with E-state index in [2.05, 4.69) is 49.1 Å². The van der Waals surface area contributed by atoms with Crippen molar-refractivity contribution in [1.82, 2.24) is 4.90 Å². The Balaban J connectivity index is 1.83. The Morgan fingerprint density at radius 3 is 2.65 bits per heavy atom. The average Bonchev–Trinajstić information content (AvgIpc) is 2.31. The van der Waals surface area contributed by atoms with Crippen LogP contribution in [0.2, 0.25) is 0 Å². The molecule has 0 amide bonds. The molecule has 0 unspecified atom stereocenters. The summed E-state index contributed by atoms with van der Waals surface area (Å²) in [4.78, 5) is 2.68. The summed E-state index contributed by atoms with van der Waals surface area (Å²) in [7, 11) is 0. The standard InChI is InChI=1S/C15H21NO/c1-11(2)14-8-13-9-17-10-15(16(13)14)12-6-4-3-5-7-12/h3-7,11,13-15H,8-10H2,1-2H3/t13-,14+,15-/m0/s1. The van der Waals surface area contributed by atoms with E-state index in [0.29, 0.717) is 12.1 Å². The first kappa shape index (κ1) is 11.2. The van der Waals surface area contributed by atoms with Crippen molar-refractivity contribution < 1.29 is 4.74 Å². The van der Waals surface area contributed by atoms with Gasteiger partial charge in [-0.05, 0) is 17.9 Å². The SMILES string of the molecule is CC(C)[C@H]1C[C@H]2COC[C@@H](c3ccccc3)N21. The maximum atomic E-state index is 5.76. The first-order chi connectivity index (χ1) is 8.27. The lowest BCUT2D eigenvalue weighted by Crippen LogP contribution is -2.64. The third kappa shape index (κ3) is 1.90. The summed E-state index contributed by atoms with van der Waals surface area (Å²) in [5.74, 6) is 0.746. The van der Waals surface area contributed by atoms with Crippen LogP contribution in [0.5, 0.6) is 0 Å². The Bertz CT molecular complexity index is 376. The van der Waals surface area contributed by atoms with Crippen molar-refractivity contribution in [1.29, 1.82) is 0 Å². The summed E-state index contributed by atoms with van der Waals surface area (Å²) in [5.41, 5.74) is 1.41. The highest BCUT2D eigenvalue weighted by Gasteiger charge is 2.46. The molecule has 0 N–H and O–H groups in total. The second-order valence-electron chi connectivity index (χ2n) is 5.61. The minimum Gasteiger partial charge on any atom is -0.378 e. The van der Waals surface area contributed by atoms with Crippen LogP contribution >= 0.6 is 0 Å². The van der Waals surface area contributed by atoms with Crippen molar-refractivity contribution in [3.05, 3.63) is 35.9 Å². The highest BCUT2D eigenvalue weighted by molar-refractivity contribution is 5.21. The molecular formula is C15H21NO. The molecule has 2 fully saturated rings. The van der Waals surface area contributed by atoms with E-state index in [9.17, 15) is 0 Å². The van der Waals surface area contributed by atoms with E-state index < -0.39 is 0 Å². The molecule has 92 valence electrons. The van der Waals surface area contributed by atoms with Crippen molar-refractivity contribution in [3.63, 3.8) is 0 Å². The maximum Gasteiger partial charge on any atom is 0.0664 e. The fourth-order valence-corrected chi connectivity index (χ4v) is 3.26. The summed E-state index contributed by atoms with van der Waals surface area (Å²) in [6, 6.07) is 12.7. The van der Waals surface area contributed by atoms with Gasteiger partial charge in [0, 0.05) is 12.1 Å². The van der Waals surface area contributed by atoms with Gasteiger partial charge in [0.05, 0.1) is 19.3 Å². The van der Waals surface area contributed by atoms with Crippen LogP contribution in [-0.2, 0) is 4.74 Å². The summed E-state index contributed by atoms with van der Waals surface area (Å²) in [6.07, 6.45) is 1.31. The predicted molar refractivity (Wildman–Crippen MR) is 68.9 cm³/mol. The zero-order valence-corrected chi connectivity index (χ0v) is 10.7. The number of nitrogens with zero attached hydrogens (tertiary/aromatic N) is 1. The van der Waals surface area contributed by atoms with Crippen molar-refractivity contribution >= 4 is 0 Å². The van der Waals surface area contributed by atoms with Gasteiger partial charge in [0.25, 0.3) is 0 Å². The number of hydrogen-bond acceptors (Lipinski definition) is 2. The molecule has 0 radical (unpaired) electrons. The molecule has 2 heterocycles. The van der Waals surface area contributed by atoms with Crippen LogP contribution in [0.25, 0.3) is 0 Å². The third-order valence-corrected chi connectivity index (χ3v) is 4.22. The maximum absolute atomic E-state index is 5.76.